The second-order valence-corrected chi connectivity index (χ2v) is 17.7. The summed E-state index contributed by atoms with van der Waals surface area (Å²) in [6, 6.07) is 15.9. The average Bonchev–Trinajstić information content (AvgIpc) is 4.04. The lowest BCUT2D eigenvalue weighted by Gasteiger charge is -2.27. The van der Waals surface area contributed by atoms with Gasteiger partial charge in [0.1, 0.15) is 29.3 Å². The number of amides is 2. The van der Waals surface area contributed by atoms with E-state index in [2.05, 4.69) is 56.3 Å². The highest BCUT2D eigenvalue weighted by Crippen LogP contribution is 2.32. The number of nitrogens with one attached hydrogen (secondary N) is 1. The number of carbonyl (C=O) groups excluding carboxylic acids is 6. The van der Waals surface area contributed by atoms with Crippen molar-refractivity contribution >= 4 is 35.9 Å². The second kappa shape index (κ2) is 19.5. The number of rotatable bonds is 5. The van der Waals surface area contributed by atoms with Gasteiger partial charge in [0.15, 0.2) is 5.78 Å². The molecule has 5 heterocycles. The minimum atomic E-state index is -0.859. The maximum Gasteiger partial charge on any atom is 0.411 e. The molecule has 0 spiro atoms. The number of nitrogens with zero attached hydrogens (tertiary/aromatic N) is 4. The van der Waals surface area contributed by atoms with Crippen LogP contribution in [0.5, 0.6) is 0 Å². The van der Waals surface area contributed by atoms with Crippen molar-refractivity contribution in [3.05, 3.63) is 70.8 Å². The van der Waals surface area contributed by atoms with Gasteiger partial charge in [0.2, 0.25) is 0 Å². The van der Waals surface area contributed by atoms with E-state index >= 15 is 0 Å². The van der Waals surface area contributed by atoms with Crippen LogP contribution >= 0.6 is 0 Å². The normalized spacial score (nSPS) is 23.7. The van der Waals surface area contributed by atoms with Gasteiger partial charge in [-0.25, -0.2) is 19.2 Å². The highest BCUT2D eigenvalue weighted by Gasteiger charge is 2.45. The largest absolute Gasteiger partial charge is 0.468 e. The minimum Gasteiger partial charge on any atom is -0.468 e. The summed E-state index contributed by atoms with van der Waals surface area (Å²) in [5.74, 6) is -1.30. The van der Waals surface area contributed by atoms with E-state index in [-0.39, 0.29) is 42.8 Å². The Bertz CT molecular complexity index is 1840. The number of fused-ring (bicyclic) bond motifs is 2. The number of carbonyl (C=O) groups is 6. The molecule has 1 N–H and O–H groups in total. The molecule has 0 aliphatic carbocycles. The van der Waals surface area contributed by atoms with E-state index in [0.717, 1.165) is 44.0 Å². The van der Waals surface area contributed by atoms with Gasteiger partial charge in [0, 0.05) is 57.8 Å². The standard InChI is InChI=1S/C19H26N2O4.C14H18N2O2.C11H17NO5/c1-19(2,3)25-18(23)21-12-15(9-16(21)17(22)24-4)20-10-13-7-5-6-8-14(13)11-20;1-18-14(17)13-6-12(7-15-13)16-8-10-4-2-3-5-11(10)9-16;1-11(2,3)17-10(15)12-6-7(13)5-8(12)9(14)16-4/h5-8,15-16H,9-12H2,1-4H3;2-5,12-13,15H,6-9H2,1H3;8H,5-6H2,1-4H3/t15-,16+;12-,13+;8-/m110/s1. The fourth-order valence-corrected chi connectivity index (χ4v) is 8.06. The van der Waals surface area contributed by atoms with E-state index in [1.807, 2.05) is 32.9 Å². The fourth-order valence-electron chi connectivity index (χ4n) is 8.06. The molecule has 5 atom stereocenters. The number of hydrogen-bond acceptors (Lipinski definition) is 14. The van der Waals surface area contributed by atoms with Crippen LogP contribution in [0.25, 0.3) is 0 Å². The number of hydrogen-bond donors (Lipinski definition) is 1. The first-order chi connectivity index (χ1) is 28.3. The molecule has 5 aliphatic rings. The van der Waals surface area contributed by atoms with E-state index in [9.17, 15) is 28.8 Å². The average molecular weight is 836 g/mol. The third-order valence-electron chi connectivity index (χ3n) is 11.0. The summed E-state index contributed by atoms with van der Waals surface area (Å²) in [6.07, 6.45) is 0.285. The number of ether oxygens (including phenoxy) is 5. The number of benzene rings is 2. The molecule has 5 aliphatic heterocycles. The van der Waals surface area contributed by atoms with Gasteiger partial charge in [0.25, 0.3) is 0 Å². The molecule has 328 valence electrons. The quantitative estimate of drug-likeness (QED) is 0.336. The topological polar surface area (TPSA) is 174 Å². The van der Waals surface area contributed by atoms with Crippen LogP contribution in [0.3, 0.4) is 0 Å². The van der Waals surface area contributed by atoms with Crippen LogP contribution in [0.4, 0.5) is 9.59 Å². The molecule has 0 saturated carbocycles. The minimum absolute atomic E-state index is 0.00802. The van der Waals surface area contributed by atoms with Crippen molar-refractivity contribution in [3.63, 3.8) is 0 Å². The first kappa shape index (κ1) is 46.0. The lowest BCUT2D eigenvalue weighted by atomic mass is 10.1. The van der Waals surface area contributed by atoms with Crippen molar-refractivity contribution in [2.45, 2.75) is 128 Å². The van der Waals surface area contributed by atoms with Crippen LogP contribution in [0.2, 0.25) is 0 Å². The van der Waals surface area contributed by atoms with Crippen molar-refractivity contribution in [3.8, 4) is 0 Å². The summed E-state index contributed by atoms with van der Waals surface area (Å²) in [5.41, 5.74) is 4.20. The highest BCUT2D eigenvalue weighted by atomic mass is 16.6. The van der Waals surface area contributed by atoms with Crippen LogP contribution in [0.15, 0.2) is 48.5 Å². The van der Waals surface area contributed by atoms with E-state index in [1.165, 1.54) is 48.5 Å². The fraction of sp³-hybridized carbons (Fsp3) is 0.591. The van der Waals surface area contributed by atoms with Crippen molar-refractivity contribution in [1.82, 2.24) is 24.9 Å². The van der Waals surface area contributed by atoms with Gasteiger partial charge in [-0.2, -0.15) is 0 Å². The Morgan fingerprint density at radius 3 is 1.47 bits per heavy atom. The summed E-state index contributed by atoms with van der Waals surface area (Å²) in [5, 5.41) is 3.24. The van der Waals surface area contributed by atoms with Gasteiger partial charge in [-0.1, -0.05) is 48.5 Å². The Morgan fingerprint density at radius 1 is 0.583 bits per heavy atom. The molecule has 2 aromatic rings. The predicted octanol–water partition coefficient (Wildman–Crippen LogP) is 4.20. The Morgan fingerprint density at radius 2 is 1.02 bits per heavy atom. The number of likely N-dealkylation sites (tertiary alicyclic amines) is 2. The molecule has 0 radical (unpaired) electrons. The van der Waals surface area contributed by atoms with E-state index in [4.69, 9.17) is 18.9 Å². The molecular formula is C44H61N5O11. The summed E-state index contributed by atoms with van der Waals surface area (Å²) >= 11 is 0. The Balaban J connectivity index is 0.000000175. The van der Waals surface area contributed by atoms with Crippen LogP contribution in [0.1, 0.15) is 83.1 Å². The number of ketones is 1. The maximum atomic E-state index is 12.5. The second-order valence-electron chi connectivity index (χ2n) is 17.7. The van der Waals surface area contributed by atoms with Gasteiger partial charge >= 0.3 is 30.1 Å². The molecule has 60 heavy (non-hydrogen) atoms. The van der Waals surface area contributed by atoms with E-state index < -0.39 is 41.4 Å². The van der Waals surface area contributed by atoms with Crippen molar-refractivity contribution in [1.29, 1.82) is 0 Å². The molecule has 7 rings (SSSR count). The SMILES string of the molecule is COC(=O)[C@@H]1CC(=O)CN1C(=O)OC(C)(C)C.COC(=O)[C@@H]1C[C@@H](N2Cc3ccccc3C2)CN1.COC(=O)[C@@H]1C[C@@H](N2Cc3ccccc3C2)CN1C(=O)OC(C)(C)C. The summed E-state index contributed by atoms with van der Waals surface area (Å²) in [4.78, 5) is 78.1. The molecule has 0 bridgehead atoms. The Kier molecular flexibility index (Phi) is 15.0. The monoisotopic (exact) mass is 835 g/mol. The van der Waals surface area contributed by atoms with Gasteiger partial charge in [0.05, 0.1) is 27.9 Å². The lowest BCUT2D eigenvalue weighted by Crippen LogP contribution is -2.44. The molecule has 0 unspecified atom stereocenters. The maximum absolute atomic E-state index is 12.5. The summed E-state index contributed by atoms with van der Waals surface area (Å²) in [6.45, 7) is 15.5. The van der Waals surface area contributed by atoms with E-state index in [1.54, 1.807) is 20.8 Å². The third-order valence-corrected chi connectivity index (χ3v) is 11.0. The van der Waals surface area contributed by atoms with E-state index in [0.29, 0.717) is 19.0 Å². The van der Waals surface area contributed by atoms with Gasteiger partial charge in [-0.05, 0) is 76.6 Å². The smallest absolute Gasteiger partial charge is 0.411 e. The first-order valence-electron chi connectivity index (χ1n) is 20.4. The predicted molar refractivity (Wildman–Crippen MR) is 219 cm³/mol. The summed E-state index contributed by atoms with van der Waals surface area (Å²) in [7, 11) is 4.02. The van der Waals surface area contributed by atoms with Crippen LogP contribution in [-0.2, 0) is 69.0 Å². The Hall–Kier alpha value is -5.06. The zero-order valence-corrected chi connectivity index (χ0v) is 36.4. The van der Waals surface area contributed by atoms with Crippen LogP contribution in [-0.4, -0.2) is 138 Å². The molecule has 3 saturated heterocycles. The molecule has 3 fully saturated rings. The Labute approximate surface area is 352 Å². The van der Waals surface area contributed by atoms with Crippen molar-refractivity contribution in [2.24, 2.45) is 0 Å². The molecule has 0 aromatic heterocycles. The molecular weight excluding hydrogens is 775 g/mol. The third kappa shape index (κ3) is 11.8. The van der Waals surface area contributed by atoms with Crippen LogP contribution < -0.4 is 5.32 Å². The van der Waals surface area contributed by atoms with Crippen molar-refractivity contribution < 1.29 is 52.5 Å². The van der Waals surface area contributed by atoms with Crippen LogP contribution in [0, 0.1) is 0 Å². The number of Topliss-reactive ketones (excluding diaryl/α,β-unsaturated/α-hetero) is 1. The molecule has 16 nitrogen and oxygen atoms in total. The van der Waals surface area contributed by atoms with Gasteiger partial charge in [-0.15, -0.1) is 0 Å². The summed E-state index contributed by atoms with van der Waals surface area (Å²) < 4.78 is 24.9. The number of methoxy groups -OCH3 is 3. The first-order valence-corrected chi connectivity index (χ1v) is 20.4. The molecule has 2 amide bonds. The zero-order valence-electron chi connectivity index (χ0n) is 36.4. The molecule has 16 heteroatoms. The van der Waals surface area contributed by atoms with Gasteiger partial charge in [-0.3, -0.25) is 29.2 Å². The van der Waals surface area contributed by atoms with Gasteiger partial charge < -0.3 is 29.0 Å². The zero-order chi connectivity index (χ0) is 43.9. The van der Waals surface area contributed by atoms with Crippen molar-refractivity contribution in [2.75, 3.05) is 41.0 Å². The lowest BCUT2D eigenvalue weighted by molar-refractivity contribution is -0.146. The number of esters is 3. The highest BCUT2D eigenvalue weighted by molar-refractivity contribution is 5.95. The molecule has 2 aromatic carbocycles.